The molecule has 0 unspecified atom stereocenters. The van der Waals surface area contributed by atoms with E-state index in [-0.39, 0.29) is 5.91 Å². The molecule has 1 aliphatic carbocycles. The number of rotatable bonds is 4. The maximum absolute atomic E-state index is 11.5. The summed E-state index contributed by atoms with van der Waals surface area (Å²) < 4.78 is 0. The maximum Gasteiger partial charge on any atom is 0.226 e. The zero-order valence-corrected chi connectivity index (χ0v) is 9.93. The number of amides is 1. The van der Waals surface area contributed by atoms with Crippen LogP contribution in [0, 0.1) is 5.92 Å². The molecule has 82 valence electrons. The molecule has 0 saturated heterocycles. The molecule has 1 saturated carbocycles. The minimum absolute atomic E-state index is 0.113. The zero-order chi connectivity index (χ0) is 10.8. The summed E-state index contributed by atoms with van der Waals surface area (Å²) in [6.07, 6.45) is 4.93. The van der Waals surface area contributed by atoms with Crippen molar-refractivity contribution in [3.05, 3.63) is 11.1 Å². The lowest BCUT2D eigenvalue weighted by atomic mass is 10.2. The summed E-state index contributed by atoms with van der Waals surface area (Å²) in [6, 6.07) is 0. The van der Waals surface area contributed by atoms with E-state index >= 15 is 0 Å². The molecule has 1 aromatic heterocycles. The van der Waals surface area contributed by atoms with Gasteiger partial charge in [-0.3, -0.25) is 4.79 Å². The molecule has 0 radical (unpaired) electrons. The van der Waals surface area contributed by atoms with Gasteiger partial charge in [0, 0.05) is 17.5 Å². The molecule has 2 rings (SSSR count). The lowest BCUT2D eigenvalue weighted by Crippen LogP contribution is -2.11. The molecule has 1 aromatic rings. The quantitative estimate of drug-likeness (QED) is 0.854. The maximum atomic E-state index is 11.5. The highest BCUT2D eigenvalue weighted by molar-refractivity contribution is 7.15. The first-order chi connectivity index (χ1) is 7.15. The second kappa shape index (κ2) is 4.31. The highest BCUT2D eigenvalue weighted by Crippen LogP contribution is 2.33. The van der Waals surface area contributed by atoms with Gasteiger partial charge in [0.1, 0.15) is 0 Å². The van der Waals surface area contributed by atoms with Gasteiger partial charge in [-0.2, -0.15) is 0 Å². The van der Waals surface area contributed by atoms with Gasteiger partial charge in [0.15, 0.2) is 5.13 Å². The van der Waals surface area contributed by atoms with Crippen LogP contribution in [0.1, 0.15) is 43.9 Å². The topological polar surface area (TPSA) is 42.0 Å². The number of nitrogens with one attached hydrogen (secondary N) is 1. The van der Waals surface area contributed by atoms with Gasteiger partial charge in [-0.15, -0.1) is 11.3 Å². The molecule has 15 heavy (non-hydrogen) atoms. The van der Waals surface area contributed by atoms with Crippen molar-refractivity contribution in [2.24, 2.45) is 5.92 Å². The van der Waals surface area contributed by atoms with E-state index < -0.39 is 0 Å². The minimum atomic E-state index is 0.113. The Labute approximate surface area is 93.9 Å². The second-order valence-corrected chi connectivity index (χ2v) is 5.48. The highest BCUT2D eigenvalue weighted by atomic mass is 32.1. The van der Waals surface area contributed by atoms with Crippen LogP contribution in [0.15, 0.2) is 6.20 Å². The van der Waals surface area contributed by atoms with Gasteiger partial charge < -0.3 is 5.32 Å². The molecule has 3 nitrogen and oxygen atoms in total. The summed E-state index contributed by atoms with van der Waals surface area (Å²) in [4.78, 5) is 16.9. The number of carbonyl (C=O) groups is 1. The summed E-state index contributed by atoms with van der Waals surface area (Å²) in [5.41, 5.74) is 0. The summed E-state index contributed by atoms with van der Waals surface area (Å²) in [6.45, 7) is 4.26. The fourth-order valence-corrected chi connectivity index (χ4v) is 2.20. The number of anilines is 1. The van der Waals surface area contributed by atoms with Gasteiger partial charge in [0.05, 0.1) is 0 Å². The Kier molecular flexibility index (Phi) is 3.05. The number of hydrogen-bond donors (Lipinski definition) is 1. The average Bonchev–Trinajstić information content (AvgIpc) is 2.82. The molecule has 1 amide bonds. The summed E-state index contributed by atoms with van der Waals surface area (Å²) >= 11 is 1.57. The monoisotopic (exact) mass is 224 g/mol. The van der Waals surface area contributed by atoms with Crippen molar-refractivity contribution in [1.29, 1.82) is 0 Å². The van der Waals surface area contributed by atoms with Gasteiger partial charge in [0.2, 0.25) is 5.91 Å². The van der Waals surface area contributed by atoms with Crippen molar-refractivity contribution >= 4 is 22.4 Å². The first-order valence-corrected chi connectivity index (χ1v) is 6.22. The molecule has 4 heteroatoms. The van der Waals surface area contributed by atoms with E-state index in [2.05, 4.69) is 24.1 Å². The third kappa shape index (κ3) is 3.02. The number of thiazole rings is 1. The smallest absolute Gasteiger partial charge is 0.226 e. The Morgan fingerprint density at radius 2 is 2.40 bits per heavy atom. The van der Waals surface area contributed by atoms with Gasteiger partial charge in [-0.1, -0.05) is 13.8 Å². The van der Waals surface area contributed by atoms with Crippen molar-refractivity contribution in [1.82, 2.24) is 4.98 Å². The van der Waals surface area contributed by atoms with Crippen molar-refractivity contribution < 1.29 is 4.79 Å². The van der Waals surface area contributed by atoms with E-state index in [4.69, 9.17) is 0 Å². The van der Waals surface area contributed by atoms with E-state index in [9.17, 15) is 4.79 Å². The Balaban J connectivity index is 1.88. The van der Waals surface area contributed by atoms with Gasteiger partial charge in [-0.05, 0) is 24.7 Å². The Morgan fingerprint density at radius 1 is 1.67 bits per heavy atom. The SMILES string of the molecule is CC(C)c1cnc(NC(=O)CC2CC2)s1. The second-order valence-electron chi connectivity index (χ2n) is 4.42. The van der Waals surface area contributed by atoms with Crippen LogP contribution in [0.4, 0.5) is 5.13 Å². The van der Waals surface area contributed by atoms with Crippen molar-refractivity contribution in [2.45, 2.75) is 39.0 Å². The van der Waals surface area contributed by atoms with Crippen LogP contribution >= 0.6 is 11.3 Å². The largest absolute Gasteiger partial charge is 0.302 e. The minimum Gasteiger partial charge on any atom is -0.302 e. The lowest BCUT2D eigenvalue weighted by Gasteiger charge is -1.99. The van der Waals surface area contributed by atoms with E-state index in [0.29, 0.717) is 18.3 Å². The van der Waals surface area contributed by atoms with E-state index in [1.165, 1.54) is 17.7 Å². The first-order valence-electron chi connectivity index (χ1n) is 5.40. The molecule has 1 heterocycles. The molecular weight excluding hydrogens is 208 g/mol. The van der Waals surface area contributed by atoms with Crippen LogP contribution < -0.4 is 5.32 Å². The fraction of sp³-hybridized carbons (Fsp3) is 0.636. The molecule has 1 aliphatic rings. The number of nitrogens with zero attached hydrogens (tertiary/aromatic N) is 1. The average molecular weight is 224 g/mol. The van der Waals surface area contributed by atoms with E-state index in [1.807, 2.05) is 6.20 Å². The lowest BCUT2D eigenvalue weighted by molar-refractivity contribution is -0.116. The van der Waals surface area contributed by atoms with Gasteiger partial charge in [0.25, 0.3) is 0 Å². The molecule has 1 fully saturated rings. The Hall–Kier alpha value is -0.900. The van der Waals surface area contributed by atoms with Crippen molar-refractivity contribution in [3.63, 3.8) is 0 Å². The predicted octanol–water partition coefficient (Wildman–Crippen LogP) is 3.01. The van der Waals surface area contributed by atoms with Crippen LogP contribution in [-0.4, -0.2) is 10.9 Å². The summed E-state index contributed by atoms with van der Waals surface area (Å²) in [5.74, 6) is 1.23. The molecule has 0 aliphatic heterocycles. The van der Waals surface area contributed by atoms with Crippen molar-refractivity contribution in [3.8, 4) is 0 Å². The third-order valence-electron chi connectivity index (χ3n) is 2.51. The Bertz CT molecular complexity index is 355. The van der Waals surface area contributed by atoms with Crippen LogP contribution in [0.25, 0.3) is 0 Å². The summed E-state index contributed by atoms with van der Waals surface area (Å²) in [7, 11) is 0. The third-order valence-corrected chi connectivity index (χ3v) is 3.72. The predicted molar refractivity (Wildman–Crippen MR) is 62.2 cm³/mol. The molecule has 0 bridgehead atoms. The number of hydrogen-bond acceptors (Lipinski definition) is 3. The fourth-order valence-electron chi connectivity index (χ4n) is 1.37. The van der Waals surface area contributed by atoms with Crippen LogP contribution in [0.3, 0.4) is 0 Å². The molecule has 0 aromatic carbocycles. The van der Waals surface area contributed by atoms with Crippen LogP contribution in [-0.2, 0) is 4.79 Å². The van der Waals surface area contributed by atoms with E-state index in [1.54, 1.807) is 11.3 Å². The normalized spacial score (nSPS) is 15.7. The standard InChI is InChI=1S/C11H16N2OS/c1-7(2)9-6-12-11(15-9)13-10(14)5-8-3-4-8/h6-8H,3-5H2,1-2H3,(H,12,13,14). The van der Waals surface area contributed by atoms with Crippen LogP contribution in [0.5, 0.6) is 0 Å². The Morgan fingerprint density at radius 3 is 2.93 bits per heavy atom. The molecule has 0 atom stereocenters. The molecule has 1 N–H and O–H groups in total. The van der Waals surface area contributed by atoms with E-state index in [0.717, 1.165) is 5.13 Å². The number of carbonyl (C=O) groups excluding carboxylic acids is 1. The molecular formula is C11H16N2OS. The van der Waals surface area contributed by atoms with Gasteiger partial charge >= 0.3 is 0 Å². The highest BCUT2D eigenvalue weighted by Gasteiger charge is 2.24. The zero-order valence-electron chi connectivity index (χ0n) is 9.12. The summed E-state index contributed by atoms with van der Waals surface area (Å²) in [5, 5.41) is 3.60. The van der Waals surface area contributed by atoms with Crippen molar-refractivity contribution in [2.75, 3.05) is 5.32 Å². The molecule has 0 spiro atoms. The first kappa shape index (κ1) is 10.6. The van der Waals surface area contributed by atoms with Gasteiger partial charge in [-0.25, -0.2) is 4.98 Å². The van der Waals surface area contributed by atoms with Crippen LogP contribution in [0.2, 0.25) is 0 Å². The number of aromatic nitrogens is 1.